The zero-order valence-corrected chi connectivity index (χ0v) is 8.97. The second-order valence-electron chi connectivity index (χ2n) is 3.32. The molecule has 0 unspecified atom stereocenters. The van der Waals surface area contributed by atoms with Crippen LogP contribution >= 0.6 is 0 Å². The molecule has 2 nitrogen and oxygen atoms in total. The highest BCUT2D eigenvalue weighted by atomic mass is 16.1. The Labute approximate surface area is 90.5 Å². The molecule has 1 rings (SSSR count). The summed E-state index contributed by atoms with van der Waals surface area (Å²) in [5.41, 5.74) is 2.28. The first-order valence-corrected chi connectivity index (χ1v) is 4.72. The summed E-state index contributed by atoms with van der Waals surface area (Å²) >= 11 is 0. The van der Waals surface area contributed by atoms with Gasteiger partial charge in [0.1, 0.15) is 0 Å². The topological polar surface area (TPSA) is 20.3 Å². The molecule has 0 N–H and O–H groups in total. The van der Waals surface area contributed by atoms with E-state index in [1.54, 1.807) is 12.4 Å². The first kappa shape index (κ1) is 11.2. The van der Waals surface area contributed by atoms with Crippen LogP contribution in [0.25, 0.3) is 6.08 Å². The van der Waals surface area contributed by atoms with Gasteiger partial charge in [-0.25, -0.2) is 0 Å². The van der Waals surface area contributed by atoms with Crippen molar-refractivity contribution in [3.63, 3.8) is 0 Å². The fourth-order valence-corrected chi connectivity index (χ4v) is 1.15. The molecule has 0 aliphatic carbocycles. The van der Waals surface area contributed by atoms with Gasteiger partial charge in [-0.2, -0.15) is 0 Å². The summed E-state index contributed by atoms with van der Waals surface area (Å²) in [7, 11) is 4.01. The Balaban J connectivity index is 2.68. The van der Waals surface area contributed by atoms with Gasteiger partial charge in [0.25, 0.3) is 0 Å². The van der Waals surface area contributed by atoms with Gasteiger partial charge >= 0.3 is 0 Å². The summed E-state index contributed by atoms with van der Waals surface area (Å²) in [6.45, 7) is 0. The lowest BCUT2D eigenvalue weighted by Gasteiger charge is -2.11. The van der Waals surface area contributed by atoms with E-state index in [-0.39, 0.29) is 0 Å². The summed E-state index contributed by atoms with van der Waals surface area (Å²) in [5.74, 6) is 0. The molecule has 0 amide bonds. The Morgan fingerprint density at radius 2 is 1.80 bits per heavy atom. The van der Waals surface area contributed by atoms with Crippen LogP contribution in [0.3, 0.4) is 0 Å². The van der Waals surface area contributed by atoms with Gasteiger partial charge in [0.15, 0.2) is 0 Å². The van der Waals surface area contributed by atoms with E-state index in [1.807, 2.05) is 38.4 Å². The Morgan fingerprint density at radius 3 is 2.33 bits per heavy atom. The van der Waals surface area contributed by atoms with E-state index < -0.39 is 0 Å². The molecule has 0 heterocycles. The Bertz CT molecular complexity index is 361. The highest BCUT2D eigenvalue weighted by Gasteiger charge is 1.92. The third-order valence-electron chi connectivity index (χ3n) is 1.97. The Hall–Kier alpha value is -1.83. The van der Waals surface area contributed by atoms with Crippen molar-refractivity contribution in [1.82, 2.24) is 0 Å². The monoisotopic (exact) mass is 200 g/mol. The van der Waals surface area contributed by atoms with Gasteiger partial charge in [-0.1, -0.05) is 30.4 Å². The summed E-state index contributed by atoms with van der Waals surface area (Å²) in [6.07, 6.45) is 8.44. The van der Waals surface area contributed by atoms with Gasteiger partial charge < -0.3 is 4.90 Å². The number of nitrogens with zero attached hydrogens (tertiary/aromatic N) is 1. The molecule has 0 fully saturated rings. The number of rotatable bonds is 4. The molecule has 1 radical (unpaired) electrons. The maximum Gasteiger partial charge on any atom is 0.225 e. The van der Waals surface area contributed by atoms with Crippen LogP contribution in [-0.4, -0.2) is 20.4 Å². The van der Waals surface area contributed by atoms with Crippen molar-refractivity contribution in [2.24, 2.45) is 0 Å². The molecular formula is C13H14NO. The van der Waals surface area contributed by atoms with E-state index in [9.17, 15) is 4.79 Å². The molecule has 2 heteroatoms. The van der Waals surface area contributed by atoms with Gasteiger partial charge in [0, 0.05) is 19.8 Å². The molecule has 0 aliphatic heterocycles. The van der Waals surface area contributed by atoms with Crippen LogP contribution in [0.1, 0.15) is 5.56 Å². The van der Waals surface area contributed by atoms with Crippen LogP contribution in [0, 0.1) is 0 Å². The Kier molecular flexibility index (Phi) is 4.35. The molecule has 0 saturated heterocycles. The van der Waals surface area contributed by atoms with Crippen LogP contribution in [0.5, 0.6) is 0 Å². The minimum absolute atomic E-state index is 1.11. The molecular weight excluding hydrogens is 186 g/mol. The minimum Gasteiger partial charge on any atom is -0.378 e. The van der Waals surface area contributed by atoms with E-state index in [1.165, 1.54) is 11.8 Å². The van der Waals surface area contributed by atoms with Crippen molar-refractivity contribution in [1.29, 1.82) is 0 Å². The number of allylic oxidation sites excluding steroid dienone is 3. The lowest BCUT2D eigenvalue weighted by atomic mass is 10.2. The largest absolute Gasteiger partial charge is 0.378 e. The first-order valence-electron chi connectivity index (χ1n) is 4.72. The molecule has 0 bridgehead atoms. The van der Waals surface area contributed by atoms with Crippen molar-refractivity contribution < 1.29 is 4.79 Å². The third-order valence-corrected chi connectivity index (χ3v) is 1.97. The number of benzene rings is 1. The van der Waals surface area contributed by atoms with Crippen molar-refractivity contribution in [3.05, 3.63) is 48.1 Å². The molecule has 0 atom stereocenters. The van der Waals surface area contributed by atoms with Gasteiger partial charge in [-0.05, 0) is 23.8 Å². The summed E-state index contributed by atoms with van der Waals surface area (Å²) < 4.78 is 0. The molecule has 0 saturated carbocycles. The number of hydrogen-bond donors (Lipinski definition) is 0. The lowest BCUT2D eigenvalue weighted by Crippen LogP contribution is -2.07. The van der Waals surface area contributed by atoms with Crippen LogP contribution < -0.4 is 4.90 Å². The van der Waals surface area contributed by atoms with Crippen molar-refractivity contribution >= 4 is 18.0 Å². The molecule has 0 aromatic heterocycles. The van der Waals surface area contributed by atoms with Gasteiger partial charge in [0.2, 0.25) is 6.29 Å². The maximum atomic E-state index is 9.88. The van der Waals surface area contributed by atoms with Gasteiger partial charge in [-0.3, -0.25) is 4.79 Å². The minimum atomic E-state index is 1.11. The maximum absolute atomic E-state index is 9.88. The molecule has 15 heavy (non-hydrogen) atoms. The fourth-order valence-electron chi connectivity index (χ4n) is 1.15. The molecule has 0 spiro atoms. The van der Waals surface area contributed by atoms with Crippen molar-refractivity contribution in [3.8, 4) is 0 Å². The standard InChI is InChI=1S/C13H14NO/c1-14(2)13-9-7-12(8-10-13)6-4-3-5-11-15/h3-10H,1-2H3. The van der Waals surface area contributed by atoms with E-state index in [0.717, 1.165) is 5.56 Å². The number of hydrogen-bond acceptors (Lipinski definition) is 2. The molecule has 77 valence electrons. The molecule has 0 aliphatic rings. The average Bonchev–Trinajstić information content (AvgIpc) is 2.25. The molecule has 1 aromatic carbocycles. The second kappa shape index (κ2) is 5.81. The van der Waals surface area contributed by atoms with Crippen molar-refractivity contribution in [2.75, 3.05) is 19.0 Å². The van der Waals surface area contributed by atoms with Crippen molar-refractivity contribution in [2.45, 2.75) is 0 Å². The predicted octanol–water partition coefficient (Wildman–Crippen LogP) is 2.43. The normalized spacial score (nSPS) is 11.1. The molecule has 1 aromatic rings. The number of carbonyl (C=O) groups excluding carboxylic acids is 1. The van der Waals surface area contributed by atoms with Gasteiger partial charge in [-0.15, -0.1) is 0 Å². The second-order valence-corrected chi connectivity index (χ2v) is 3.32. The van der Waals surface area contributed by atoms with Crippen LogP contribution in [0.4, 0.5) is 5.69 Å². The summed E-state index contributed by atoms with van der Waals surface area (Å²) in [4.78, 5) is 11.9. The Morgan fingerprint density at radius 1 is 1.13 bits per heavy atom. The van der Waals surface area contributed by atoms with E-state index in [0.29, 0.717) is 0 Å². The SMILES string of the molecule is CN(C)c1ccc(C=CC=C[C]=O)cc1. The zero-order chi connectivity index (χ0) is 11.1. The highest BCUT2D eigenvalue weighted by Crippen LogP contribution is 2.12. The third kappa shape index (κ3) is 3.81. The van der Waals surface area contributed by atoms with E-state index >= 15 is 0 Å². The van der Waals surface area contributed by atoms with Crippen LogP contribution in [0.2, 0.25) is 0 Å². The van der Waals surface area contributed by atoms with Crippen LogP contribution in [0.15, 0.2) is 42.5 Å². The lowest BCUT2D eigenvalue weighted by molar-refractivity contribution is 0.564. The fraction of sp³-hybridized carbons (Fsp3) is 0.154. The van der Waals surface area contributed by atoms with Gasteiger partial charge in [0.05, 0.1) is 0 Å². The van der Waals surface area contributed by atoms with Crippen LogP contribution in [-0.2, 0) is 4.79 Å². The first-order chi connectivity index (χ1) is 7.24. The summed E-state index contributed by atoms with van der Waals surface area (Å²) in [6, 6.07) is 8.17. The smallest absolute Gasteiger partial charge is 0.225 e. The predicted molar refractivity (Wildman–Crippen MR) is 64.6 cm³/mol. The quantitative estimate of drug-likeness (QED) is 0.549. The summed E-state index contributed by atoms with van der Waals surface area (Å²) in [5, 5.41) is 0. The van der Waals surface area contributed by atoms with E-state index in [2.05, 4.69) is 17.0 Å². The highest BCUT2D eigenvalue weighted by molar-refractivity contribution is 5.67. The average molecular weight is 200 g/mol. The zero-order valence-electron chi connectivity index (χ0n) is 8.97. The number of anilines is 1. The van der Waals surface area contributed by atoms with E-state index in [4.69, 9.17) is 0 Å².